The van der Waals surface area contributed by atoms with Gasteiger partial charge in [-0.2, -0.15) is 5.26 Å². The molecule has 3 rings (SSSR count). The lowest BCUT2D eigenvalue weighted by atomic mass is 10.2. The Morgan fingerprint density at radius 2 is 2.00 bits per heavy atom. The van der Waals surface area contributed by atoms with Gasteiger partial charge in [0.05, 0.1) is 6.20 Å². The molecule has 0 N–H and O–H groups in total. The summed E-state index contributed by atoms with van der Waals surface area (Å²) >= 11 is 0. The summed E-state index contributed by atoms with van der Waals surface area (Å²) in [5.74, 6) is 0.213. The van der Waals surface area contributed by atoms with E-state index in [0.29, 0.717) is 11.5 Å². The molecule has 6 nitrogen and oxygen atoms in total. The van der Waals surface area contributed by atoms with Crippen LogP contribution in [0.25, 0.3) is 0 Å². The number of hydrogen-bond acceptors (Lipinski definition) is 6. The highest BCUT2D eigenvalue weighted by atomic mass is 16.1. The minimum Gasteiger partial charge on any atom is -0.354 e. The van der Waals surface area contributed by atoms with Crippen LogP contribution in [0.2, 0.25) is 0 Å². The molecule has 21 heavy (non-hydrogen) atoms. The third kappa shape index (κ3) is 2.58. The molecule has 1 aliphatic rings. The van der Waals surface area contributed by atoms with E-state index < -0.39 is 0 Å². The number of pyridine rings is 1. The van der Waals surface area contributed by atoms with Gasteiger partial charge in [-0.25, -0.2) is 9.97 Å². The molecule has 0 spiro atoms. The van der Waals surface area contributed by atoms with Gasteiger partial charge in [0.2, 0.25) is 5.78 Å². The van der Waals surface area contributed by atoms with Crippen LogP contribution in [0.4, 0.5) is 5.82 Å². The van der Waals surface area contributed by atoms with Crippen molar-refractivity contribution >= 4 is 11.6 Å². The molecule has 0 aliphatic carbocycles. The fourth-order valence-corrected chi connectivity index (χ4v) is 2.35. The number of aromatic nitrogens is 3. The molecule has 0 saturated carbocycles. The second-order valence-corrected chi connectivity index (χ2v) is 4.78. The summed E-state index contributed by atoms with van der Waals surface area (Å²) in [7, 11) is 0. The maximum Gasteiger partial charge on any atom is 0.231 e. The third-order valence-electron chi connectivity index (χ3n) is 3.40. The molecule has 0 atom stereocenters. The van der Waals surface area contributed by atoms with Crippen molar-refractivity contribution < 1.29 is 4.79 Å². The molecule has 6 heteroatoms. The first-order valence-electron chi connectivity index (χ1n) is 6.77. The number of nitriles is 1. The lowest BCUT2D eigenvalue weighted by Gasteiger charge is -2.17. The predicted octanol–water partition coefficient (Wildman–Crippen LogP) is 1.57. The lowest BCUT2D eigenvalue weighted by molar-refractivity contribution is 0.102. The zero-order chi connectivity index (χ0) is 14.7. The van der Waals surface area contributed by atoms with Crippen molar-refractivity contribution in [2.45, 2.75) is 12.8 Å². The molecular formula is C15H13N5O. The molecule has 0 unspecified atom stereocenters. The molecule has 0 aromatic carbocycles. The Balaban J connectivity index is 1.99. The molecular weight excluding hydrogens is 266 g/mol. The van der Waals surface area contributed by atoms with E-state index in [-0.39, 0.29) is 17.2 Å². The van der Waals surface area contributed by atoms with Crippen molar-refractivity contribution in [3.63, 3.8) is 0 Å². The number of hydrogen-bond donors (Lipinski definition) is 0. The Morgan fingerprint density at radius 1 is 1.19 bits per heavy atom. The predicted molar refractivity (Wildman–Crippen MR) is 75.9 cm³/mol. The van der Waals surface area contributed by atoms with E-state index in [4.69, 9.17) is 5.26 Å². The van der Waals surface area contributed by atoms with Crippen LogP contribution >= 0.6 is 0 Å². The monoisotopic (exact) mass is 279 g/mol. The molecule has 1 saturated heterocycles. The van der Waals surface area contributed by atoms with E-state index in [9.17, 15) is 4.79 Å². The van der Waals surface area contributed by atoms with Gasteiger partial charge in [0.1, 0.15) is 17.5 Å². The van der Waals surface area contributed by atoms with Gasteiger partial charge in [-0.1, -0.05) is 6.07 Å². The molecule has 3 heterocycles. The largest absolute Gasteiger partial charge is 0.354 e. The maximum atomic E-state index is 12.3. The lowest BCUT2D eigenvalue weighted by Crippen LogP contribution is -2.22. The van der Waals surface area contributed by atoms with Crippen LogP contribution in [-0.2, 0) is 0 Å². The fraction of sp³-hybridized carbons (Fsp3) is 0.267. The maximum absolute atomic E-state index is 12.3. The van der Waals surface area contributed by atoms with Gasteiger partial charge >= 0.3 is 0 Å². The number of ketones is 1. The first kappa shape index (κ1) is 13.2. The van der Waals surface area contributed by atoms with Gasteiger partial charge in [-0.05, 0) is 25.0 Å². The zero-order valence-electron chi connectivity index (χ0n) is 11.4. The molecule has 0 amide bonds. The summed E-state index contributed by atoms with van der Waals surface area (Å²) in [5.41, 5.74) is 0.799. The van der Waals surface area contributed by atoms with Gasteiger partial charge in [0.25, 0.3) is 0 Å². The smallest absolute Gasteiger partial charge is 0.231 e. The van der Waals surface area contributed by atoms with E-state index in [0.717, 1.165) is 25.9 Å². The van der Waals surface area contributed by atoms with Crippen LogP contribution in [0.5, 0.6) is 0 Å². The molecule has 104 valence electrons. The summed E-state index contributed by atoms with van der Waals surface area (Å²) in [5, 5.41) is 9.15. The number of carbonyl (C=O) groups is 1. The quantitative estimate of drug-likeness (QED) is 0.793. The van der Waals surface area contributed by atoms with E-state index in [1.54, 1.807) is 24.4 Å². The third-order valence-corrected chi connectivity index (χ3v) is 3.40. The average molecular weight is 279 g/mol. The number of anilines is 1. The van der Waals surface area contributed by atoms with E-state index in [2.05, 4.69) is 15.0 Å². The fourth-order valence-electron chi connectivity index (χ4n) is 2.35. The number of carbonyl (C=O) groups excluding carboxylic acids is 1. The molecule has 1 fully saturated rings. The standard InChI is InChI=1S/C15H13N5O/c16-9-12-15(20-7-3-4-8-20)19-13(10-18-12)14(21)11-5-1-2-6-17-11/h1-2,5-6,10H,3-4,7-8H2. The Bertz CT molecular complexity index is 702. The normalized spacial score (nSPS) is 14.0. The highest BCUT2D eigenvalue weighted by Crippen LogP contribution is 2.21. The van der Waals surface area contributed by atoms with Crippen LogP contribution in [0.1, 0.15) is 34.7 Å². The van der Waals surface area contributed by atoms with Crippen molar-refractivity contribution in [1.82, 2.24) is 15.0 Å². The number of nitrogens with zero attached hydrogens (tertiary/aromatic N) is 5. The Hall–Kier alpha value is -2.81. The van der Waals surface area contributed by atoms with Crippen molar-refractivity contribution in [3.8, 4) is 6.07 Å². The molecule has 0 bridgehead atoms. The van der Waals surface area contributed by atoms with E-state index in [1.165, 1.54) is 6.20 Å². The van der Waals surface area contributed by atoms with Crippen molar-refractivity contribution in [2.24, 2.45) is 0 Å². The molecule has 2 aromatic rings. The summed E-state index contributed by atoms with van der Waals surface area (Å²) < 4.78 is 0. The second kappa shape index (κ2) is 5.67. The molecule has 1 aliphatic heterocycles. The first-order chi connectivity index (χ1) is 10.3. The van der Waals surface area contributed by atoms with Gasteiger partial charge in [-0.15, -0.1) is 0 Å². The second-order valence-electron chi connectivity index (χ2n) is 4.78. The van der Waals surface area contributed by atoms with E-state index >= 15 is 0 Å². The van der Waals surface area contributed by atoms with Crippen LogP contribution < -0.4 is 4.90 Å². The van der Waals surface area contributed by atoms with Crippen molar-refractivity contribution in [1.29, 1.82) is 5.26 Å². The first-order valence-corrected chi connectivity index (χ1v) is 6.77. The molecule has 0 radical (unpaired) electrons. The van der Waals surface area contributed by atoms with Gasteiger partial charge < -0.3 is 4.90 Å². The Kier molecular flexibility index (Phi) is 3.56. The van der Waals surface area contributed by atoms with Crippen molar-refractivity contribution in [2.75, 3.05) is 18.0 Å². The van der Waals surface area contributed by atoms with Gasteiger partial charge in [0.15, 0.2) is 11.5 Å². The van der Waals surface area contributed by atoms with Crippen LogP contribution in [0.3, 0.4) is 0 Å². The highest BCUT2D eigenvalue weighted by molar-refractivity contribution is 6.06. The minimum atomic E-state index is -0.284. The van der Waals surface area contributed by atoms with Crippen LogP contribution in [0.15, 0.2) is 30.6 Å². The van der Waals surface area contributed by atoms with Gasteiger partial charge in [-0.3, -0.25) is 9.78 Å². The number of rotatable bonds is 3. The average Bonchev–Trinajstić information content (AvgIpc) is 3.08. The van der Waals surface area contributed by atoms with E-state index in [1.807, 2.05) is 11.0 Å². The van der Waals surface area contributed by atoms with Gasteiger partial charge in [0, 0.05) is 19.3 Å². The zero-order valence-corrected chi connectivity index (χ0v) is 11.4. The highest BCUT2D eigenvalue weighted by Gasteiger charge is 2.21. The summed E-state index contributed by atoms with van der Waals surface area (Å²) in [6, 6.07) is 7.17. The SMILES string of the molecule is N#Cc1ncc(C(=O)c2ccccn2)nc1N1CCCC1. The Morgan fingerprint density at radius 3 is 2.67 bits per heavy atom. The van der Waals surface area contributed by atoms with Crippen LogP contribution in [0, 0.1) is 11.3 Å². The molecule has 2 aromatic heterocycles. The Labute approximate surface area is 122 Å². The minimum absolute atomic E-state index is 0.217. The summed E-state index contributed by atoms with van der Waals surface area (Å²) in [6.45, 7) is 1.68. The van der Waals surface area contributed by atoms with Crippen molar-refractivity contribution in [3.05, 3.63) is 47.7 Å². The summed E-state index contributed by atoms with van der Waals surface area (Å²) in [6.07, 6.45) is 5.02. The topological polar surface area (TPSA) is 82.8 Å². The summed E-state index contributed by atoms with van der Waals surface area (Å²) in [4.78, 5) is 26.8. The van der Waals surface area contributed by atoms with Crippen LogP contribution in [-0.4, -0.2) is 33.8 Å².